The van der Waals surface area contributed by atoms with Crippen molar-refractivity contribution >= 4 is 11.0 Å². The first-order valence-corrected chi connectivity index (χ1v) is 4.22. The molecule has 0 spiro atoms. The van der Waals surface area contributed by atoms with Crippen LogP contribution in [0, 0.1) is 0 Å². The fourth-order valence-corrected chi connectivity index (χ4v) is 1.24. The molecule has 0 aliphatic rings. The van der Waals surface area contributed by atoms with Gasteiger partial charge in [-0.1, -0.05) is 12.1 Å². The first-order valence-electron chi connectivity index (χ1n) is 4.22. The number of hydrogen-bond donors (Lipinski definition) is 1. The van der Waals surface area contributed by atoms with Gasteiger partial charge in [0.1, 0.15) is 0 Å². The maximum atomic E-state index is 12.9. The van der Waals surface area contributed by atoms with Crippen molar-refractivity contribution in [3.63, 3.8) is 0 Å². The molecule has 0 aliphatic carbocycles. The van der Waals surface area contributed by atoms with E-state index in [4.69, 9.17) is 0 Å². The van der Waals surface area contributed by atoms with Gasteiger partial charge < -0.3 is 19.1 Å². The molecule has 0 amide bonds. The Balaban J connectivity index is -0.000000161. The van der Waals surface area contributed by atoms with Crippen molar-refractivity contribution in [2.24, 2.45) is 0 Å². The predicted octanol–water partition coefficient (Wildman–Crippen LogP) is -14.8. The molecule has 0 atom stereocenters. The molecule has 1 N–H and O–H groups in total. The second-order valence-electron chi connectivity index (χ2n) is 3.17. The topological polar surface area (TPSA) is 28.7 Å². The van der Waals surface area contributed by atoms with Crippen LogP contribution in [0.25, 0.3) is 11.0 Å². The third-order valence-corrected chi connectivity index (χ3v) is 2.04. The zero-order valence-corrected chi connectivity index (χ0v) is 11.8. The summed E-state index contributed by atoms with van der Waals surface area (Å²) >= 11 is 0. The molecule has 13 heteroatoms. The number of nitrogens with one attached hydrogen (secondary N) is 1. The summed E-state index contributed by atoms with van der Waals surface area (Å²) < 4.78 is 61.9. The average Bonchev–Trinajstić information content (AvgIpc) is 2.59. The predicted molar refractivity (Wildman–Crippen MR) is 46.0 cm³/mol. The zero-order valence-electron chi connectivity index (χ0n) is 11.8. The third kappa shape index (κ3) is 6.20. The number of fused-ring (bicyclic) bond motifs is 1. The van der Waals surface area contributed by atoms with Gasteiger partial charge in [0.25, 0.3) is 0 Å². The van der Waals surface area contributed by atoms with Crippen LogP contribution in [-0.2, 0) is 5.92 Å². The summed E-state index contributed by atoms with van der Waals surface area (Å²) in [7, 11) is 0. The van der Waals surface area contributed by atoms with Crippen molar-refractivity contribution < 1.29 is 92.6 Å². The van der Waals surface area contributed by atoms with Gasteiger partial charge >= 0.3 is 68.7 Å². The molecule has 0 radical (unpaired) electrons. The molecule has 22 heavy (non-hydrogen) atoms. The molecule has 0 saturated heterocycles. The first-order chi connectivity index (χ1) is 7.32. The van der Waals surface area contributed by atoms with Crippen molar-refractivity contribution in [1.29, 1.82) is 0 Å². The van der Waals surface area contributed by atoms with Gasteiger partial charge in [0.2, 0.25) is 0 Å². The van der Waals surface area contributed by atoms with Gasteiger partial charge in [-0.25, -0.2) is 4.98 Å². The molecule has 2 rings (SSSR count). The number of aromatic amines is 1. The van der Waals surface area contributed by atoms with Crippen LogP contribution in [0.2, 0.25) is 0 Å². The van der Waals surface area contributed by atoms with E-state index < -0.39 is 17.9 Å². The molecule has 1 aromatic heterocycles. The van der Waals surface area contributed by atoms with E-state index in [1.54, 1.807) is 0 Å². The smallest absolute Gasteiger partial charge is 1.00 e. The van der Waals surface area contributed by atoms with Crippen molar-refractivity contribution in [2.75, 3.05) is 0 Å². The SMILES string of the molecule is FC(F)(F)C(F)(F)c1nc2ccccc2[nH]1.[F-].[F-].[F-].[Li+].[Li+].[Li+]. The van der Waals surface area contributed by atoms with Gasteiger partial charge in [0.15, 0.2) is 5.82 Å². The largest absolute Gasteiger partial charge is 1.00 e. The Bertz CT molecular complexity index is 498. The van der Waals surface area contributed by atoms with E-state index in [1.165, 1.54) is 24.3 Å². The van der Waals surface area contributed by atoms with Gasteiger partial charge in [0.05, 0.1) is 11.0 Å². The first kappa shape index (κ1) is 33.5. The standard InChI is InChI=1S/C9H5F5N2.3FH.3Li/c10-8(11,9(12,13)14)7-15-5-3-1-2-4-6(5)16-7;;;;;;/h1-4H,(H,15,16);3*1H;;;/q;;;;3*+1/p-3. The summed E-state index contributed by atoms with van der Waals surface area (Å²) in [5.74, 6) is -6.35. The molecular formula is C9H5F8Li3N2. The molecule has 0 saturated carbocycles. The Labute approximate surface area is 155 Å². The van der Waals surface area contributed by atoms with Gasteiger partial charge in [0, 0.05) is 0 Å². The van der Waals surface area contributed by atoms with E-state index >= 15 is 0 Å². The zero-order chi connectivity index (χ0) is 12.0. The molecular weight excluding hydrogens is 309 g/mol. The van der Waals surface area contributed by atoms with Crippen LogP contribution < -0.4 is 70.7 Å². The van der Waals surface area contributed by atoms with E-state index in [-0.39, 0.29) is 81.7 Å². The molecule has 0 unspecified atom stereocenters. The number of H-pyrrole nitrogens is 1. The van der Waals surface area contributed by atoms with Crippen molar-refractivity contribution in [3.8, 4) is 0 Å². The van der Waals surface area contributed by atoms with Crippen LogP contribution in [0.4, 0.5) is 22.0 Å². The van der Waals surface area contributed by atoms with E-state index in [0.717, 1.165) is 0 Å². The number of rotatable bonds is 1. The van der Waals surface area contributed by atoms with Crippen LogP contribution in [0.1, 0.15) is 5.82 Å². The fraction of sp³-hybridized carbons (Fsp3) is 0.222. The molecule has 0 aliphatic heterocycles. The van der Waals surface area contributed by atoms with E-state index in [1.807, 2.05) is 4.98 Å². The van der Waals surface area contributed by atoms with Gasteiger partial charge in [-0.3, -0.25) is 0 Å². The molecule has 2 nitrogen and oxygen atoms in total. The third-order valence-electron chi connectivity index (χ3n) is 2.04. The summed E-state index contributed by atoms with van der Waals surface area (Å²) in [4.78, 5) is 5.19. The maximum Gasteiger partial charge on any atom is 1.00 e. The Morgan fingerprint density at radius 2 is 1.27 bits per heavy atom. The summed E-state index contributed by atoms with van der Waals surface area (Å²) in [5, 5.41) is 0. The van der Waals surface area contributed by atoms with E-state index in [9.17, 15) is 22.0 Å². The Hall–Kier alpha value is -0.0778. The molecule has 0 bridgehead atoms. The summed E-state index contributed by atoms with van der Waals surface area (Å²) in [6, 6.07) is 5.73. The van der Waals surface area contributed by atoms with Gasteiger partial charge in [-0.2, -0.15) is 22.0 Å². The Kier molecular flexibility index (Phi) is 17.5. The number of halogens is 8. The average molecular weight is 314 g/mol. The summed E-state index contributed by atoms with van der Waals surface area (Å²) in [6.07, 6.45) is -5.65. The monoisotopic (exact) mass is 314 g/mol. The molecule has 110 valence electrons. The minimum Gasteiger partial charge on any atom is -1.00 e. The Morgan fingerprint density at radius 3 is 1.68 bits per heavy atom. The van der Waals surface area contributed by atoms with Crippen molar-refractivity contribution in [2.45, 2.75) is 12.1 Å². The number of alkyl halides is 5. The van der Waals surface area contributed by atoms with Crippen LogP contribution >= 0.6 is 0 Å². The number of hydrogen-bond acceptors (Lipinski definition) is 1. The van der Waals surface area contributed by atoms with Crippen LogP contribution in [0.15, 0.2) is 24.3 Å². The van der Waals surface area contributed by atoms with Crippen LogP contribution in [-0.4, -0.2) is 16.1 Å². The molecule has 2 aromatic rings. The van der Waals surface area contributed by atoms with Gasteiger partial charge in [-0.05, 0) is 12.1 Å². The van der Waals surface area contributed by atoms with Crippen LogP contribution in [0.5, 0.6) is 0 Å². The van der Waals surface area contributed by atoms with Crippen molar-refractivity contribution in [3.05, 3.63) is 30.1 Å². The number of imidazole rings is 1. The second-order valence-corrected chi connectivity index (χ2v) is 3.17. The van der Waals surface area contributed by atoms with Gasteiger partial charge in [-0.15, -0.1) is 0 Å². The molecule has 0 fully saturated rings. The number of para-hydroxylation sites is 2. The number of aromatic nitrogens is 2. The minimum absolute atomic E-state index is 0. The summed E-state index contributed by atoms with van der Waals surface area (Å²) in [6.45, 7) is 0. The second kappa shape index (κ2) is 11.5. The van der Waals surface area contributed by atoms with E-state index in [0.29, 0.717) is 0 Å². The maximum absolute atomic E-state index is 12.9. The van der Waals surface area contributed by atoms with E-state index in [2.05, 4.69) is 4.98 Å². The summed E-state index contributed by atoms with van der Waals surface area (Å²) in [5.41, 5.74) is 0.211. The quantitative estimate of drug-likeness (QED) is 0.411. The normalized spacial score (nSPS) is 9.68. The fourth-order valence-electron chi connectivity index (χ4n) is 1.24. The number of benzene rings is 1. The molecule has 1 aromatic carbocycles. The van der Waals surface area contributed by atoms with Crippen molar-refractivity contribution in [1.82, 2.24) is 9.97 Å². The number of nitrogens with zero attached hydrogens (tertiary/aromatic N) is 1. The van der Waals surface area contributed by atoms with Crippen LogP contribution in [0.3, 0.4) is 0 Å². The minimum atomic E-state index is -5.65. The Morgan fingerprint density at radius 1 is 0.818 bits per heavy atom. The molecule has 1 heterocycles.